The summed E-state index contributed by atoms with van der Waals surface area (Å²) in [4.78, 5) is 2.16. The maximum absolute atomic E-state index is 7.12. The van der Waals surface area contributed by atoms with Gasteiger partial charge in [-0.3, -0.25) is 0 Å². The van der Waals surface area contributed by atoms with E-state index in [9.17, 15) is 0 Å². The third kappa shape index (κ3) is 9.54. The predicted octanol–water partition coefficient (Wildman–Crippen LogP) is 0.407. The number of rotatable bonds is 2. The lowest BCUT2D eigenvalue weighted by atomic mass is 10.2. The molecule has 0 bridgehead atoms. The molecule has 0 fully saturated rings. The zero-order valence-corrected chi connectivity index (χ0v) is 9.37. The van der Waals surface area contributed by atoms with Crippen LogP contribution in [-0.4, -0.2) is 36.7 Å². The first-order chi connectivity index (χ1) is 6.20. The fourth-order valence-electron chi connectivity index (χ4n) is 0.949. The number of hydrogen-bond donors (Lipinski definition) is 2. The van der Waals surface area contributed by atoms with Crippen molar-refractivity contribution in [2.24, 2.45) is 0 Å². The van der Waals surface area contributed by atoms with E-state index in [-0.39, 0.29) is 12.4 Å². The molecule has 0 aliphatic heterocycles. The summed E-state index contributed by atoms with van der Waals surface area (Å²) in [6.45, 7) is 1.03. The van der Waals surface area contributed by atoms with Crippen molar-refractivity contribution in [3.63, 3.8) is 0 Å². The van der Waals surface area contributed by atoms with E-state index in [2.05, 4.69) is 43.3 Å². The fraction of sp³-hybridized carbons (Fsp3) is 0.333. The van der Waals surface area contributed by atoms with Crippen LogP contribution in [0.4, 0.5) is 0 Å². The van der Waals surface area contributed by atoms with Crippen molar-refractivity contribution in [2.45, 2.75) is 6.54 Å². The van der Waals surface area contributed by atoms with Crippen LogP contribution in [0.3, 0.4) is 0 Å². The van der Waals surface area contributed by atoms with Crippen molar-refractivity contribution in [1.29, 1.82) is 0 Å². The van der Waals surface area contributed by atoms with Crippen molar-refractivity contribution in [1.82, 2.24) is 4.90 Å². The Bertz CT molecular complexity index is 209. The molecule has 2 N–H and O–H groups in total. The van der Waals surface area contributed by atoms with Crippen LogP contribution in [-0.2, 0) is 6.54 Å². The lowest BCUT2D eigenvalue weighted by Crippen LogP contribution is -2.10. The Hall–Kier alpha value is -0.545. The average Bonchev–Trinajstić information content (AvgIpc) is 2.06. The summed E-state index contributed by atoms with van der Waals surface area (Å²) in [5, 5.41) is 14.2. The highest BCUT2D eigenvalue weighted by atomic mass is 35.5. The summed E-state index contributed by atoms with van der Waals surface area (Å²) in [7, 11) is 3.40. The summed E-state index contributed by atoms with van der Waals surface area (Å²) in [6.07, 6.45) is 0. The average molecular weight is 218 g/mol. The second kappa shape index (κ2) is 10.5. The van der Waals surface area contributed by atoms with Crippen LogP contribution in [0.25, 0.3) is 0 Å². The number of hydrogen-bond acceptors (Lipinski definition) is 3. The second-order valence-corrected chi connectivity index (χ2v) is 2.86. The van der Waals surface area contributed by atoms with Crippen LogP contribution < -0.4 is 0 Å². The molecular weight excluding hydrogens is 200 g/mol. The van der Waals surface area contributed by atoms with Gasteiger partial charge in [0.05, 0.1) is 0 Å². The van der Waals surface area contributed by atoms with E-state index in [1.807, 2.05) is 6.07 Å². The van der Waals surface area contributed by atoms with Gasteiger partial charge in [-0.1, -0.05) is 30.3 Å². The van der Waals surface area contributed by atoms with Crippen LogP contribution in [0.2, 0.25) is 0 Å². The minimum atomic E-state index is -0.750. The van der Waals surface area contributed by atoms with Gasteiger partial charge in [0.15, 0.2) is 0 Å². The molecule has 0 aliphatic rings. The molecule has 0 saturated heterocycles. The van der Waals surface area contributed by atoms with Gasteiger partial charge >= 0.3 is 7.69 Å². The molecule has 0 heterocycles. The molecule has 0 aromatic heterocycles. The normalized spacial score (nSPS) is 8.36. The number of halogens is 1. The van der Waals surface area contributed by atoms with Gasteiger partial charge in [-0.2, -0.15) is 0 Å². The lowest BCUT2D eigenvalue weighted by molar-refractivity contribution is 0.402. The predicted molar refractivity (Wildman–Crippen MR) is 62.7 cm³/mol. The summed E-state index contributed by atoms with van der Waals surface area (Å²) in [6, 6.07) is 10.5. The molecule has 0 radical (unpaired) electrons. The van der Waals surface area contributed by atoms with Gasteiger partial charge < -0.3 is 14.9 Å². The van der Waals surface area contributed by atoms with Gasteiger partial charge in [-0.25, -0.2) is 0 Å². The first kappa shape index (κ1) is 15.9. The zero-order chi connectivity index (χ0) is 10.1. The van der Waals surface area contributed by atoms with Crippen molar-refractivity contribution < 1.29 is 10.0 Å². The summed E-state index contributed by atoms with van der Waals surface area (Å²) in [5.41, 5.74) is 1.37. The standard InChI is InChI=1S/C9H13N.BH3O2.ClH/c1-10(2)8-9-6-4-3-5-7-9;2-1-3;/h3-7H,8H2,1-2H3;1-3H;1H. The molecule has 5 heteroatoms. The molecule has 0 unspecified atom stereocenters. The summed E-state index contributed by atoms with van der Waals surface area (Å²) >= 11 is 0. The van der Waals surface area contributed by atoms with Crippen LogP contribution in [0.1, 0.15) is 5.56 Å². The number of nitrogens with zero attached hydrogens (tertiary/aromatic N) is 1. The molecule has 3 nitrogen and oxygen atoms in total. The molecule has 0 atom stereocenters. The molecular formula is C9H17BClNO2. The Morgan fingerprint density at radius 3 is 1.93 bits per heavy atom. The van der Waals surface area contributed by atoms with Crippen molar-refractivity contribution in [3.05, 3.63) is 35.9 Å². The van der Waals surface area contributed by atoms with E-state index in [1.165, 1.54) is 5.56 Å². The molecule has 14 heavy (non-hydrogen) atoms. The van der Waals surface area contributed by atoms with E-state index in [4.69, 9.17) is 10.0 Å². The maximum Gasteiger partial charge on any atom is 0.432 e. The maximum atomic E-state index is 7.12. The third-order valence-electron chi connectivity index (χ3n) is 1.34. The van der Waals surface area contributed by atoms with Gasteiger partial charge in [-0.05, 0) is 19.7 Å². The van der Waals surface area contributed by atoms with Gasteiger partial charge in [0.1, 0.15) is 0 Å². The Morgan fingerprint density at radius 2 is 1.57 bits per heavy atom. The fourth-order valence-corrected chi connectivity index (χ4v) is 0.949. The van der Waals surface area contributed by atoms with Gasteiger partial charge in [0, 0.05) is 6.54 Å². The third-order valence-corrected chi connectivity index (χ3v) is 1.34. The molecule has 80 valence electrons. The van der Waals surface area contributed by atoms with Crippen LogP contribution in [0.5, 0.6) is 0 Å². The van der Waals surface area contributed by atoms with E-state index >= 15 is 0 Å². The highest BCUT2D eigenvalue weighted by molar-refractivity contribution is 6.13. The van der Waals surface area contributed by atoms with E-state index in [0.717, 1.165) is 6.54 Å². The Balaban J connectivity index is 0. The molecule has 1 aromatic carbocycles. The molecule has 1 rings (SSSR count). The van der Waals surface area contributed by atoms with Gasteiger partial charge in [0.2, 0.25) is 0 Å². The highest BCUT2D eigenvalue weighted by Crippen LogP contribution is 1.99. The molecule has 0 spiro atoms. The van der Waals surface area contributed by atoms with E-state index in [0.29, 0.717) is 0 Å². The molecule has 0 saturated carbocycles. The minimum Gasteiger partial charge on any atom is -0.430 e. The van der Waals surface area contributed by atoms with Crippen molar-refractivity contribution in [2.75, 3.05) is 14.1 Å². The summed E-state index contributed by atoms with van der Waals surface area (Å²) < 4.78 is 0. The highest BCUT2D eigenvalue weighted by Gasteiger charge is 1.90. The van der Waals surface area contributed by atoms with Crippen molar-refractivity contribution >= 4 is 20.1 Å². The number of benzene rings is 1. The van der Waals surface area contributed by atoms with E-state index in [1.54, 1.807) is 0 Å². The van der Waals surface area contributed by atoms with Crippen LogP contribution in [0, 0.1) is 0 Å². The van der Waals surface area contributed by atoms with Crippen LogP contribution in [0.15, 0.2) is 30.3 Å². The Kier molecular flexibility index (Phi) is 12.0. The lowest BCUT2D eigenvalue weighted by Gasteiger charge is -2.08. The SMILES string of the molecule is CN(C)Cc1ccccc1.Cl.OBO. The molecule has 0 amide bonds. The first-order valence-electron chi connectivity index (χ1n) is 4.11. The topological polar surface area (TPSA) is 43.7 Å². The quantitative estimate of drug-likeness (QED) is 0.705. The first-order valence-corrected chi connectivity index (χ1v) is 4.11. The largest absolute Gasteiger partial charge is 0.432 e. The minimum absolute atomic E-state index is 0. The molecule has 0 aliphatic carbocycles. The van der Waals surface area contributed by atoms with Gasteiger partial charge in [0.25, 0.3) is 0 Å². The summed E-state index contributed by atoms with van der Waals surface area (Å²) in [5.74, 6) is 0. The Labute approximate surface area is 92.1 Å². The van der Waals surface area contributed by atoms with Crippen LogP contribution >= 0.6 is 12.4 Å². The zero-order valence-electron chi connectivity index (χ0n) is 8.55. The monoisotopic (exact) mass is 217 g/mol. The van der Waals surface area contributed by atoms with E-state index < -0.39 is 7.69 Å². The smallest absolute Gasteiger partial charge is 0.430 e. The second-order valence-electron chi connectivity index (χ2n) is 2.86. The molecule has 1 aromatic rings. The van der Waals surface area contributed by atoms with Crippen molar-refractivity contribution in [3.8, 4) is 0 Å². The Morgan fingerprint density at radius 1 is 1.14 bits per heavy atom. The van der Waals surface area contributed by atoms with Gasteiger partial charge in [-0.15, -0.1) is 12.4 Å².